The molecule has 1 aromatic rings. The summed E-state index contributed by atoms with van der Waals surface area (Å²) in [6.07, 6.45) is 7.04. The molecule has 4 aliphatic rings. The van der Waals surface area contributed by atoms with E-state index in [1.165, 1.54) is 32.1 Å². The van der Waals surface area contributed by atoms with Crippen LogP contribution >= 0.6 is 0 Å². The summed E-state index contributed by atoms with van der Waals surface area (Å²) in [5.74, 6) is 4.69. The smallest absolute Gasteiger partial charge is 0.231 e. The molecule has 0 aliphatic heterocycles. The lowest BCUT2D eigenvalue weighted by atomic mass is 9.51. The van der Waals surface area contributed by atoms with Crippen LogP contribution < -0.4 is 4.74 Å². The van der Waals surface area contributed by atoms with E-state index in [9.17, 15) is 0 Å². The Morgan fingerprint density at radius 3 is 2.30 bits per heavy atom. The van der Waals surface area contributed by atoms with Crippen LogP contribution in [0.2, 0.25) is 0 Å². The summed E-state index contributed by atoms with van der Waals surface area (Å²) in [5, 5.41) is 9.08. The van der Waals surface area contributed by atoms with Gasteiger partial charge in [-0.05, 0) is 67.9 Å². The molecule has 0 N–H and O–H groups in total. The quantitative estimate of drug-likeness (QED) is 0.824. The molecule has 0 saturated heterocycles. The number of nitriles is 1. The number of ether oxygens (including phenoxy) is 1. The summed E-state index contributed by atoms with van der Waals surface area (Å²) >= 11 is 0. The van der Waals surface area contributed by atoms with Gasteiger partial charge in [0.15, 0.2) is 0 Å². The van der Waals surface area contributed by atoms with E-state index in [1.807, 2.05) is 6.07 Å². The molecule has 4 bridgehead atoms. The van der Waals surface area contributed by atoms with Crippen LogP contribution in [0.3, 0.4) is 0 Å². The first-order valence-electron chi connectivity index (χ1n) is 7.73. The Hall–Kier alpha value is -1.56. The van der Waals surface area contributed by atoms with E-state index < -0.39 is 0 Å². The third kappa shape index (κ3) is 1.74. The molecular weight excluding hydrogens is 248 g/mol. The maximum Gasteiger partial charge on any atom is 0.231 e. The van der Waals surface area contributed by atoms with Gasteiger partial charge in [-0.2, -0.15) is 5.26 Å². The first-order valence-corrected chi connectivity index (χ1v) is 7.73. The van der Waals surface area contributed by atoms with Gasteiger partial charge in [0.25, 0.3) is 0 Å². The second-order valence-electron chi connectivity index (χ2n) is 6.86. The molecular formula is C17H20N2O. The van der Waals surface area contributed by atoms with Crippen LogP contribution in [-0.2, 0) is 0 Å². The van der Waals surface area contributed by atoms with Crippen molar-refractivity contribution in [3.63, 3.8) is 0 Å². The highest BCUT2D eigenvalue weighted by molar-refractivity contribution is 5.39. The summed E-state index contributed by atoms with van der Waals surface area (Å²) in [6, 6.07) is 6.10. The minimum absolute atomic E-state index is 0.499. The third-order valence-electron chi connectivity index (χ3n) is 5.76. The van der Waals surface area contributed by atoms with Gasteiger partial charge in [0.05, 0.1) is 7.11 Å². The molecule has 0 amide bonds. The van der Waals surface area contributed by atoms with Crippen molar-refractivity contribution in [2.75, 3.05) is 7.11 Å². The van der Waals surface area contributed by atoms with Gasteiger partial charge in [0.2, 0.25) is 5.88 Å². The second-order valence-corrected chi connectivity index (χ2v) is 6.86. The van der Waals surface area contributed by atoms with Gasteiger partial charge >= 0.3 is 0 Å². The molecule has 1 heterocycles. The molecule has 20 heavy (non-hydrogen) atoms. The van der Waals surface area contributed by atoms with Crippen LogP contribution in [0, 0.1) is 35.0 Å². The monoisotopic (exact) mass is 268 g/mol. The Balaban J connectivity index is 1.69. The third-order valence-corrected chi connectivity index (χ3v) is 5.76. The molecule has 0 aromatic carbocycles. The fourth-order valence-electron chi connectivity index (χ4n) is 5.29. The van der Waals surface area contributed by atoms with E-state index in [0.29, 0.717) is 17.4 Å². The van der Waals surface area contributed by atoms with E-state index in [-0.39, 0.29) is 0 Å². The zero-order valence-electron chi connectivity index (χ0n) is 11.9. The molecule has 104 valence electrons. The second kappa shape index (κ2) is 4.48. The van der Waals surface area contributed by atoms with Crippen molar-refractivity contribution in [1.29, 1.82) is 5.26 Å². The Labute approximate surface area is 120 Å². The van der Waals surface area contributed by atoms with Gasteiger partial charge in [-0.1, -0.05) is 0 Å². The van der Waals surface area contributed by atoms with Crippen LogP contribution in [0.25, 0.3) is 0 Å². The lowest BCUT2D eigenvalue weighted by Gasteiger charge is -2.54. The minimum Gasteiger partial charge on any atom is -0.480 e. The molecule has 1 aromatic heterocycles. The van der Waals surface area contributed by atoms with E-state index >= 15 is 0 Å². The predicted molar refractivity (Wildman–Crippen MR) is 75.3 cm³/mol. The van der Waals surface area contributed by atoms with Crippen molar-refractivity contribution in [2.24, 2.45) is 23.7 Å². The van der Waals surface area contributed by atoms with Gasteiger partial charge < -0.3 is 4.74 Å². The molecule has 3 heteroatoms. The fourth-order valence-corrected chi connectivity index (χ4v) is 5.29. The fraction of sp³-hybridized carbons (Fsp3) is 0.647. The number of rotatable bonds is 2. The maximum atomic E-state index is 9.08. The van der Waals surface area contributed by atoms with Crippen molar-refractivity contribution in [2.45, 2.75) is 38.0 Å². The van der Waals surface area contributed by atoms with E-state index in [1.54, 1.807) is 7.11 Å². The van der Waals surface area contributed by atoms with E-state index in [4.69, 9.17) is 10.00 Å². The summed E-state index contributed by atoms with van der Waals surface area (Å²) in [5.41, 5.74) is 1.70. The first-order chi connectivity index (χ1) is 9.78. The summed E-state index contributed by atoms with van der Waals surface area (Å²) in [7, 11) is 1.60. The van der Waals surface area contributed by atoms with Crippen molar-refractivity contribution >= 4 is 0 Å². The molecule has 4 saturated carbocycles. The normalized spacial score (nSPS) is 37.7. The zero-order valence-corrected chi connectivity index (χ0v) is 11.9. The van der Waals surface area contributed by atoms with E-state index in [2.05, 4.69) is 17.1 Å². The molecule has 4 fully saturated rings. The Bertz CT molecular complexity index is 547. The molecule has 3 nitrogen and oxygen atoms in total. The Kier molecular flexibility index (Phi) is 2.73. The van der Waals surface area contributed by atoms with Crippen LogP contribution in [0.15, 0.2) is 12.1 Å². The molecule has 5 rings (SSSR count). The number of aromatic nitrogens is 1. The van der Waals surface area contributed by atoms with Crippen LogP contribution in [0.1, 0.15) is 49.3 Å². The zero-order chi connectivity index (χ0) is 13.7. The lowest BCUT2D eigenvalue weighted by molar-refractivity contribution is -0.00428. The average molecular weight is 268 g/mol. The van der Waals surface area contributed by atoms with Crippen LogP contribution in [0.5, 0.6) is 5.88 Å². The van der Waals surface area contributed by atoms with Gasteiger partial charge in [-0.15, -0.1) is 0 Å². The Morgan fingerprint density at radius 1 is 1.10 bits per heavy atom. The lowest BCUT2D eigenvalue weighted by Crippen LogP contribution is -2.44. The Morgan fingerprint density at radius 2 is 1.75 bits per heavy atom. The molecule has 4 aliphatic carbocycles. The van der Waals surface area contributed by atoms with Crippen molar-refractivity contribution in [3.8, 4) is 11.9 Å². The highest BCUT2D eigenvalue weighted by Crippen LogP contribution is 2.59. The van der Waals surface area contributed by atoms with Crippen molar-refractivity contribution in [1.82, 2.24) is 4.98 Å². The number of methoxy groups -OCH3 is 1. The van der Waals surface area contributed by atoms with Gasteiger partial charge in [-0.3, -0.25) is 0 Å². The molecule has 0 spiro atoms. The largest absolute Gasteiger partial charge is 0.480 e. The molecule has 0 atom stereocenters. The number of hydrogen-bond donors (Lipinski definition) is 0. The SMILES string of the molecule is COc1nc(C2C3CC4CC(C3)CC2C4)ccc1C#N. The standard InChI is InChI=1S/C17H20N2O/c1-20-17-12(9-18)2-3-15(19-17)16-13-5-10-4-11(7-13)8-14(16)6-10/h2-3,10-11,13-14,16H,4-8H2,1H3. The highest BCUT2D eigenvalue weighted by atomic mass is 16.5. The molecule has 0 radical (unpaired) electrons. The van der Waals surface area contributed by atoms with Crippen LogP contribution in [0.4, 0.5) is 0 Å². The minimum atomic E-state index is 0.499. The molecule has 0 unspecified atom stereocenters. The highest BCUT2D eigenvalue weighted by Gasteiger charge is 2.49. The van der Waals surface area contributed by atoms with Crippen molar-refractivity contribution in [3.05, 3.63) is 23.4 Å². The van der Waals surface area contributed by atoms with Gasteiger partial charge in [-0.25, -0.2) is 4.98 Å². The van der Waals surface area contributed by atoms with Gasteiger partial charge in [0.1, 0.15) is 11.6 Å². The summed E-state index contributed by atoms with van der Waals surface area (Å²) < 4.78 is 5.29. The average Bonchev–Trinajstić information content (AvgIpc) is 2.46. The summed E-state index contributed by atoms with van der Waals surface area (Å²) in [4.78, 5) is 4.66. The first kappa shape index (κ1) is 12.2. The topological polar surface area (TPSA) is 45.9 Å². The van der Waals surface area contributed by atoms with Crippen molar-refractivity contribution < 1.29 is 4.74 Å². The van der Waals surface area contributed by atoms with Crippen LogP contribution in [-0.4, -0.2) is 12.1 Å². The predicted octanol–water partition coefficient (Wildman–Crippen LogP) is 3.50. The number of hydrogen-bond acceptors (Lipinski definition) is 3. The number of pyridine rings is 1. The number of nitrogens with zero attached hydrogens (tertiary/aromatic N) is 2. The van der Waals surface area contributed by atoms with Gasteiger partial charge in [0, 0.05) is 11.6 Å². The maximum absolute atomic E-state index is 9.08. The summed E-state index contributed by atoms with van der Waals surface area (Å²) in [6.45, 7) is 0. The van der Waals surface area contributed by atoms with E-state index in [0.717, 1.165) is 29.4 Å².